The van der Waals surface area contributed by atoms with Crippen LogP contribution < -0.4 is 4.72 Å². The summed E-state index contributed by atoms with van der Waals surface area (Å²) in [6.07, 6.45) is 0. The van der Waals surface area contributed by atoms with Crippen LogP contribution in [0.15, 0.2) is 27.6 Å². The van der Waals surface area contributed by atoms with E-state index in [-0.39, 0.29) is 18.0 Å². The van der Waals surface area contributed by atoms with Gasteiger partial charge in [-0.2, -0.15) is 0 Å². The highest BCUT2D eigenvalue weighted by Crippen LogP contribution is 2.21. The molecule has 0 unspecified atom stereocenters. The first kappa shape index (κ1) is 15.7. The van der Waals surface area contributed by atoms with Gasteiger partial charge in [0.2, 0.25) is 10.0 Å². The van der Waals surface area contributed by atoms with Crippen LogP contribution in [0.3, 0.4) is 0 Å². The third-order valence-corrected chi connectivity index (χ3v) is 4.75. The molecule has 0 aliphatic heterocycles. The second kappa shape index (κ2) is 5.97. The highest BCUT2D eigenvalue weighted by atomic mass is 32.2. The third kappa shape index (κ3) is 3.49. The van der Waals surface area contributed by atoms with Crippen LogP contribution in [0.1, 0.15) is 28.1 Å². The smallest absolute Gasteiger partial charge is 0.241 e. The normalized spacial score (nSPS) is 11.8. The number of nitrogens with zero attached hydrogens (tertiary/aromatic N) is 1. The van der Waals surface area contributed by atoms with E-state index in [0.29, 0.717) is 22.6 Å². The standard InChI is InChI=1S/C14H18N2O4S/c1-9-4-10(2)14(6-12(9)8-17)21(18,19)15-7-13-5-11(3)16-20-13/h4-6,15,17H,7-8H2,1-3H3. The van der Waals surface area contributed by atoms with E-state index in [9.17, 15) is 13.5 Å². The van der Waals surface area contributed by atoms with Crippen molar-refractivity contribution < 1.29 is 18.0 Å². The van der Waals surface area contributed by atoms with Gasteiger partial charge in [0.05, 0.1) is 23.7 Å². The Bertz CT molecular complexity index is 750. The number of rotatable bonds is 5. The van der Waals surface area contributed by atoms with Gasteiger partial charge in [-0.25, -0.2) is 13.1 Å². The minimum Gasteiger partial charge on any atom is -0.392 e. The van der Waals surface area contributed by atoms with Crippen LogP contribution in [-0.2, 0) is 23.2 Å². The van der Waals surface area contributed by atoms with Crippen molar-refractivity contribution >= 4 is 10.0 Å². The predicted octanol–water partition coefficient (Wildman–Crippen LogP) is 1.57. The Morgan fingerprint density at radius 3 is 2.48 bits per heavy atom. The molecule has 114 valence electrons. The van der Waals surface area contributed by atoms with E-state index in [1.54, 1.807) is 26.0 Å². The number of hydrogen-bond acceptors (Lipinski definition) is 5. The zero-order valence-electron chi connectivity index (χ0n) is 12.2. The number of aliphatic hydroxyl groups is 1. The van der Waals surface area contributed by atoms with Crippen molar-refractivity contribution in [2.45, 2.75) is 38.8 Å². The van der Waals surface area contributed by atoms with Crippen molar-refractivity contribution in [2.24, 2.45) is 0 Å². The van der Waals surface area contributed by atoms with Crippen LogP contribution in [0, 0.1) is 20.8 Å². The van der Waals surface area contributed by atoms with E-state index in [0.717, 1.165) is 5.56 Å². The lowest BCUT2D eigenvalue weighted by atomic mass is 10.1. The number of nitrogens with one attached hydrogen (secondary N) is 1. The van der Waals surface area contributed by atoms with Crippen LogP contribution in [0.25, 0.3) is 0 Å². The van der Waals surface area contributed by atoms with Crippen LogP contribution in [0.4, 0.5) is 0 Å². The topological polar surface area (TPSA) is 92.4 Å². The van der Waals surface area contributed by atoms with Crippen molar-refractivity contribution in [2.75, 3.05) is 0 Å². The molecule has 1 aromatic carbocycles. The Hall–Kier alpha value is -1.70. The number of sulfonamides is 1. The molecule has 0 spiro atoms. The fourth-order valence-corrected chi connectivity index (χ4v) is 3.35. The number of benzene rings is 1. The molecule has 2 rings (SSSR count). The van der Waals surface area contributed by atoms with Gasteiger partial charge in [-0.15, -0.1) is 0 Å². The fraction of sp³-hybridized carbons (Fsp3) is 0.357. The van der Waals surface area contributed by atoms with E-state index in [2.05, 4.69) is 9.88 Å². The van der Waals surface area contributed by atoms with E-state index in [1.165, 1.54) is 6.07 Å². The summed E-state index contributed by atoms with van der Waals surface area (Å²) in [4.78, 5) is 0.161. The van der Waals surface area contributed by atoms with Gasteiger partial charge in [0.1, 0.15) is 0 Å². The predicted molar refractivity (Wildman–Crippen MR) is 77.1 cm³/mol. The lowest BCUT2D eigenvalue weighted by Crippen LogP contribution is -2.24. The van der Waals surface area contributed by atoms with E-state index in [4.69, 9.17) is 4.52 Å². The summed E-state index contributed by atoms with van der Waals surface area (Å²) in [5, 5.41) is 13.0. The van der Waals surface area contributed by atoms with Gasteiger partial charge in [-0.1, -0.05) is 11.2 Å². The Morgan fingerprint density at radius 2 is 1.90 bits per heavy atom. The van der Waals surface area contributed by atoms with Gasteiger partial charge < -0.3 is 9.63 Å². The summed E-state index contributed by atoms with van der Waals surface area (Å²) in [6, 6.07) is 4.92. The van der Waals surface area contributed by atoms with Gasteiger partial charge >= 0.3 is 0 Å². The lowest BCUT2D eigenvalue weighted by molar-refractivity contribution is 0.280. The molecule has 2 N–H and O–H groups in total. The number of aliphatic hydroxyl groups excluding tert-OH is 1. The number of aromatic nitrogens is 1. The second-order valence-electron chi connectivity index (χ2n) is 4.96. The van der Waals surface area contributed by atoms with Gasteiger partial charge in [0, 0.05) is 6.07 Å². The summed E-state index contributed by atoms with van der Waals surface area (Å²) >= 11 is 0. The molecule has 0 saturated heterocycles. The van der Waals surface area contributed by atoms with Crippen LogP contribution in [0.2, 0.25) is 0 Å². The summed E-state index contributed by atoms with van der Waals surface area (Å²) in [7, 11) is -3.68. The van der Waals surface area contributed by atoms with E-state index in [1.807, 2.05) is 6.92 Å². The first-order valence-corrected chi connectivity index (χ1v) is 7.94. The van der Waals surface area contributed by atoms with Gasteiger partial charge in [-0.05, 0) is 43.5 Å². The summed E-state index contributed by atoms with van der Waals surface area (Å²) in [5.74, 6) is 0.447. The van der Waals surface area contributed by atoms with Crippen LogP contribution >= 0.6 is 0 Å². The second-order valence-corrected chi connectivity index (χ2v) is 6.70. The number of aryl methyl sites for hydroxylation is 3. The molecule has 7 heteroatoms. The molecule has 2 aromatic rings. The van der Waals surface area contributed by atoms with E-state index >= 15 is 0 Å². The average molecular weight is 310 g/mol. The maximum atomic E-state index is 12.4. The fourth-order valence-electron chi connectivity index (χ4n) is 2.08. The SMILES string of the molecule is Cc1cc(CNS(=O)(=O)c2cc(CO)c(C)cc2C)on1. The van der Waals surface area contributed by atoms with Crippen molar-refractivity contribution in [3.8, 4) is 0 Å². The maximum Gasteiger partial charge on any atom is 0.241 e. The molecule has 0 saturated carbocycles. The van der Waals surface area contributed by atoms with Crippen molar-refractivity contribution in [1.82, 2.24) is 9.88 Å². The summed E-state index contributed by atoms with van der Waals surface area (Å²) in [5.41, 5.74) is 2.78. The molecule has 0 bridgehead atoms. The molecule has 1 heterocycles. The molecule has 21 heavy (non-hydrogen) atoms. The average Bonchev–Trinajstić information content (AvgIpc) is 2.82. The first-order chi connectivity index (χ1) is 9.83. The molecule has 0 fully saturated rings. The zero-order valence-corrected chi connectivity index (χ0v) is 13.0. The van der Waals surface area contributed by atoms with Crippen molar-refractivity contribution in [1.29, 1.82) is 0 Å². The maximum absolute atomic E-state index is 12.4. The minimum atomic E-state index is -3.68. The lowest BCUT2D eigenvalue weighted by Gasteiger charge is -2.12. The Balaban J connectivity index is 2.27. The molecule has 0 atom stereocenters. The summed E-state index contributed by atoms with van der Waals surface area (Å²) < 4.78 is 32.2. The van der Waals surface area contributed by atoms with Gasteiger partial charge in [0.25, 0.3) is 0 Å². The Kier molecular flexibility index (Phi) is 4.46. The quantitative estimate of drug-likeness (QED) is 0.874. The molecule has 1 aromatic heterocycles. The minimum absolute atomic E-state index is 0.0327. The molecule has 0 amide bonds. The first-order valence-electron chi connectivity index (χ1n) is 6.46. The molecule has 0 aliphatic carbocycles. The van der Waals surface area contributed by atoms with Gasteiger partial charge in [-0.3, -0.25) is 0 Å². The number of hydrogen-bond donors (Lipinski definition) is 2. The molecular formula is C14H18N2O4S. The highest BCUT2D eigenvalue weighted by molar-refractivity contribution is 7.89. The van der Waals surface area contributed by atoms with Crippen molar-refractivity contribution in [3.63, 3.8) is 0 Å². The molecular weight excluding hydrogens is 292 g/mol. The largest absolute Gasteiger partial charge is 0.392 e. The Morgan fingerprint density at radius 1 is 1.19 bits per heavy atom. The van der Waals surface area contributed by atoms with Crippen LogP contribution in [-0.4, -0.2) is 18.7 Å². The van der Waals surface area contributed by atoms with Crippen LogP contribution in [0.5, 0.6) is 0 Å². The molecule has 0 aliphatic rings. The third-order valence-electron chi connectivity index (χ3n) is 3.21. The van der Waals surface area contributed by atoms with Gasteiger partial charge in [0.15, 0.2) is 5.76 Å². The highest BCUT2D eigenvalue weighted by Gasteiger charge is 2.19. The van der Waals surface area contributed by atoms with E-state index < -0.39 is 10.0 Å². The Labute approximate surface area is 123 Å². The monoisotopic (exact) mass is 310 g/mol. The molecule has 0 radical (unpaired) electrons. The van der Waals surface area contributed by atoms with Crippen molar-refractivity contribution in [3.05, 3.63) is 46.3 Å². The zero-order chi connectivity index (χ0) is 15.6. The molecule has 6 nitrogen and oxygen atoms in total. The summed E-state index contributed by atoms with van der Waals surface area (Å²) in [6.45, 7) is 5.15.